The maximum Gasteiger partial charge on any atom is 0.228 e. The van der Waals surface area contributed by atoms with Gasteiger partial charge < -0.3 is 5.32 Å². The minimum atomic E-state index is -0.0231. The van der Waals surface area contributed by atoms with Gasteiger partial charge in [0.25, 0.3) is 0 Å². The number of carbonyl (C=O) groups excluding carboxylic acids is 1. The third-order valence-electron chi connectivity index (χ3n) is 4.73. The van der Waals surface area contributed by atoms with E-state index in [4.69, 9.17) is 16.9 Å². The van der Waals surface area contributed by atoms with Gasteiger partial charge in [-0.05, 0) is 48.7 Å². The summed E-state index contributed by atoms with van der Waals surface area (Å²) >= 11 is 6.26. The van der Waals surface area contributed by atoms with Gasteiger partial charge in [-0.1, -0.05) is 41.9 Å². The Hall–Kier alpha value is -2.35. The summed E-state index contributed by atoms with van der Waals surface area (Å²) in [5, 5.41) is 12.5. The molecule has 0 aromatic heterocycles. The summed E-state index contributed by atoms with van der Waals surface area (Å²) < 4.78 is 0. The highest BCUT2D eigenvalue weighted by Gasteiger charge is 2.26. The van der Waals surface area contributed by atoms with Crippen LogP contribution in [0.3, 0.4) is 0 Å². The third kappa shape index (κ3) is 4.85. The number of carbonyl (C=O) groups is 1. The number of rotatable bonds is 5. The summed E-state index contributed by atoms with van der Waals surface area (Å²) in [6, 6.07) is 17.5. The van der Waals surface area contributed by atoms with Gasteiger partial charge in [-0.2, -0.15) is 5.26 Å². The Labute approximate surface area is 159 Å². The van der Waals surface area contributed by atoms with Crippen LogP contribution in [-0.2, 0) is 17.8 Å². The molecule has 1 aliphatic heterocycles. The summed E-state index contributed by atoms with van der Waals surface area (Å²) in [7, 11) is 0. The first-order chi connectivity index (χ1) is 12.7. The Morgan fingerprint density at radius 3 is 2.73 bits per heavy atom. The molecule has 5 heteroatoms. The first kappa shape index (κ1) is 18.4. The normalized spacial score (nSPS) is 17.5. The second kappa shape index (κ2) is 8.84. The maximum absolute atomic E-state index is 12.6. The van der Waals surface area contributed by atoms with Crippen LogP contribution >= 0.6 is 11.6 Å². The van der Waals surface area contributed by atoms with Crippen molar-refractivity contribution in [3.05, 3.63) is 64.7 Å². The van der Waals surface area contributed by atoms with Crippen molar-refractivity contribution in [2.24, 2.45) is 5.92 Å². The average molecular weight is 368 g/mol. The van der Waals surface area contributed by atoms with Crippen LogP contribution in [0.4, 0.5) is 5.69 Å². The molecule has 0 saturated carbocycles. The number of nitrogens with one attached hydrogen (secondary N) is 1. The predicted octanol–water partition coefficient (Wildman–Crippen LogP) is 4.26. The molecule has 1 atom stereocenters. The molecule has 1 heterocycles. The Morgan fingerprint density at radius 1 is 1.23 bits per heavy atom. The lowest BCUT2D eigenvalue weighted by Gasteiger charge is -2.32. The smallest absolute Gasteiger partial charge is 0.228 e. The molecule has 2 aromatic rings. The zero-order valence-corrected chi connectivity index (χ0v) is 15.4. The van der Waals surface area contributed by atoms with Crippen LogP contribution in [0.25, 0.3) is 0 Å². The van der Waals surface area contributed by atoms with E-state index >= 15 is 0 Å². The van der Waals surface area contributed by atoms with E-state index in [0.29, 0.717) is 6.42 Å². The van der Waals surface area contributed by atoms with Gasteiger partial charge in [-0.25, -0.2) is 0 Å². The standard InChI is InChI=1S/C21H22ClN3O/c22-20-6-2-1-4-17(20)14-25-13-3-5-18(15-25)21(26)24-19-9-7-16(8-10-19)11-12-23/h1-2,4,6-10,18H,3,5,11,13-15H2,(H,24,26). The molecular weight excluding hydrogens is 346 g/mol. The number of nitrogens with zero attached hydrogens (tertiary/aromatic N) is 2. The second-order valence-electron chi connectivity index (χ2n) is 6.69. The van der Waals surface area contributed by atoms with Crippen LogP contribution in [-0.4, -0.2) is 23.9 Å². The fourth-order valence-electron chi connectivity index (χ4n) is 3.32. The topological polar surface area (TPSA) is 56.1 Å². The fourth-order valence-corrected chi connectivity index (χ4v) is 3.52. The van der Waals surface area contributed by atoms with Crippen molar-refractivity contribution in [2.45, 2.75) is 25.8 Å². The number of likely N-dealkylation sites (tertiary alicyclic amines) is 1. The van der Waals surface area contributed by atoms with Gasteiger partial charge in [-0.3, -0.25) is 9.69 Å². The van der Waals surface area contributed by atoms with Crippen LogP contribution < -0.4 is 5.32 Å². The average Bonchev–Trinajstić information content (AvgIpc) is 2.66. The van der Waals surface area contributed by atoms with Gasteiger partial charge in [0, 0.05) is 23.8 Å². The highest BCUT2D eigenvalue weighted by Crippen LogP contribution is 2.23. The molecular formula is C21H22ClN3O. The number of hydrogen-bond acceptors (Lipinski definition) is 3. The lowest BCUT2D eigenvalue weighted by Crippen LogP contribution is -2.40. The highest BCUT2D eigenvalue weighted by atomic mass is 35.5. The molecule has 1 aliphatic rings. The number of nitriles is 1. The van der Waals surface area contributed by atoms with Crippen molar-refractivity contribution >= 4 is 23.2 Å². The summed E-state index contributed by atoms with van der Waals surface area (Å²) in [5.41, 5.74) is 2.83. The minimum absolute atomic E-state index is 0.0231. The first-order valence-corrected chi connectivity index (χ1v) is 9.26. The van der Waals surface area contributed by atoms with E-state index in [1.54, 1.807) is 0 Å². The molecule has 26 heavy (non-hydrogen) atoms. The quantitative estimate of drug-likeness (QED) is 0.859. The van der Waals surface area contributed by atoms with E-state index in [2.05, 4.69) is 16.3 Å². The summed E-state index contributed by atoms with van der Waals surface area (Å²) in [4.78, 5) is 14.9. The number of amides is 1. The Morgan fingerprint density at radius 2 is 2.00 bits per heavy atom. The Kier molecular flexibility index (Phi) is 6.27. The fraction of sp³-hybridized carbons (Fsp3) is 0.333. The molecule has 2 aromatic carbocycles. The molecule has 1 N–H and O–H groups in total. The first-order valence-electron chi connectivity index (χ1n) is 8.88. The largest absolute Gasteiger partial charge is 0.326 e. The van der Waals surface area contributed by atoms with E-state index in [1.165, 1.54) is 0 Å². The Bertz CT molecular complexity index is 798. The van der Waals surface area contributed by atoms with Gasteiger partial charge in [0.05, 0.1) is 18.4 Å². The molecule has 134 valence electrons. The van der Waals surface area contributed by atoms with Crippen LogP contribution in [0.1, 0.15) is 24.0 Å². The van der Waals surface area contributed by atoms with Gasteiger partial charge >= 0.3 is 0 Å². The van der Waals surface area contributed by atoms with E-state index in [9.17, 15) is 4.79 Å². The van der Waals surface area contributed by atoms with Gasteiger partial charge in [0.1, 0.15) is 0 Å². The van der Waals surface area contributed by atoms with Gasteiger partial charge in [-0.15, -0.1) is 0 Å². The lowest BCUT2D eigenvalue weighted by molar-refractivity contribution is -0.121. The van der Waals surface area contributed by atoms with Crippen molar-refractivity contribution in [3.8, 4) is 6.07 Å². The number of anilines is 1. The second-order valence-corrected chi connectivity index (χ2v) is 7.09. The molecule has 4 nitrogen and oxygen atoms in total. The molecule has 1 unspecified atom stereocenters. The Balaban J connectivity index is 1.57. The molecule has 1 fully saturated rings. The molecule has 1 saturated heterocycles. The van der Waals surface area contributed by atoms with Crippen molar-refractivity contribution in [1.82, 2.24) is 4.90 Å². The highest BCUT2D eigenvalue weighted by molar-refractivity contribution is 6.31. The monoisotopic (exact) mass is 367 g/mol. The SMILES string of the molecule is N#CCc1ccc(NC(=O)C2CCCN(Cc3ccccc3Cl)C2)cc1. The number of halogens is 1. The van der Waals surface area contributed by atoms with Crippen LogP contribution in [0.2, 0.25) is 5.02 Å². The molecule has 3 rings (SSSR count). The number of benzene rings is 2. The van der Waals surface area contributed by atoms with Crippen molar-refractivity contribution in [3.63, 3.8) is 0 Å². The zero-order chi connectivity index (χ0) is 18.4. The third-order valence-corrected chi connectivity index (χ3v) is 5.10. The van der Waals surface area contributed by atoms with Crippen molar-refractivity contribution in [2.75, 3.05) is 18.4 Å². The lowest BCUT2D eigenvalue weighted by atomic mass is 9.96. The molecule has 0 aliphatic carbocycles. The van der Waals surface area contributed by atoms with Gasteiger partial charge in [0.2, 0.25) is 5.91 Å². The summed E-state index contributed by atoms with van der Waals surface area (Å²) in [6.45, 7) is 2.49. The molecule has 0 radical (unpaired) electrons. The van der Waals surface area contributed by atoms with E-state index in [1.807, 2.05) is 48.5 Å². The van der Waals surface area contributed by atoms with Crippen LogP contribution in [0.5, 0.6) is 0 Å². The predicted molar refractivity (Wildman–Crippen MR) is 104 cm³/mol. The summed E-state index contributed by atoms with van der Waals surface area (Å²) in [6.07, 6.45) is 2.29. The van der Waals surface area contributed by atoms with Gasteiger partial charge in [0.15, 0.2) is 0 Å². The summed E-state index contributed by atoms with van der Waals surface area (Å²) in [5.74, 6) is 0.0342. The molecule has 1 amide bonds. The molecule has 0 bridgehead atoms. The zero-order valence-electron chi connectivity index (χ0n) is 14.6. The van der Waals surface area contributed by atoms with E-state index in [0.717, 1.165) is 54.3 Å². The van der Waals surface area contributed by atoms with Crippen molar-refractivity contribution in [1.29, 1.82) is 5.26 Å². The maximum atomic E-state index is 12.6. The number of hydrogen-bond donors (Lipinski definition) is 1. The van der Waals surface area contributed by atoms with Crippen LogP contribution in [0.15, 0.2) is 48.5 Å². The molecule has 0 spiro atoms. The van der Waals surface area contributed by atoms with E-state index in [-0.39, 0.29) is 11.8 Å². The number of piperidine rings is 1. The van der Waals surface area contributed by atoms with Crippen molar-refractivity contribution < 1.29 is 4.79 Å². The van der Waals surface area contributed by atoms with Crippen LogP contribution in [0, 0.1) is 17.2 Å². The van der Waals surface area contributed by atoms with E-state index < -0.39 is 0 Å². The minimum Gasteiger partial charge on any atom is -0.326 e.